The average molecular weight is 428 g/mol. The highest BCUT2D eigenvalue weighted by Gasteiger charge is 2.31. The number of rotatable bonds is 5. The lowest BCUT2D eigenvalue weighted by atomic mass is 9.89. The molecule has 160 valence electrons. The van der Waals surface area contributed by atoms with Crippen molar-refractivity contribution >= 4 is 5.78 Å². The van der Waals surface area contributed by atoms with Gasteiger partial charge in [0.25, 0.3) is 0 Å². The first-order chi connectivity index (χ1) is 14.8. The van der Waals surface area contributed by atoms with Crippen LogP contribution in [0, 0.1) is 0 Å². The molecular weight excluding hydrogens is 409 g/mol. The summed E-state index contributed by atoms with van der Waals surface area (Å²) in [7, 11) is 1.58. The summed E-state index contributed by atoms with van der Waals surface area (Å²) in [4.78, 5) is 12.9. The Morgan fingerprint density at radius 2 is 1.65 bits per heavy atom. The van der Waals surface area contributed by atoms with Gasteiger partial charge < -0.3 is 14.2 Å². The molecule has 4 nitrogen and oxygen atoms in total. The zero-order valence-corrected chi connectivity index (χ0v) is 16.6. The molecule has 3 aromatic carbocycles. The number of ether oxygens (including phenoxy) is 3. The number of halogens is 3. The van der Waals surface area contributed by atoms with E-state index in [1.165, 1.54) is 12.1 Å². The zero-order valence-electron chi connectivity index (χ0n) is 16.6. The molecular formula is C24H19F3O4. The Morgan fingerprint density at radius 1 is 0.968 bits per heavy atom. The SMILES string of the molecule is COc1ccc(C2COc3cc(OCc4ccc(C(F)(F)F)cc4)ccc3C2=O)cc1. The Labute approximate surface area is 177 Å². The Kier molecular flexibility index (Phi) is 5.59. The van der Waals surface area contributed by atoms with E-state index < -0.39 is 17.7 Å². The quantitative estimate of drug-likeness (QED) is 0.527. The molecule has 0 aromatic heterocycles. The van der Waals surface area contributed by atoms with E-state index >= 15 is 0 Å². The van der Waals surface area contributed by atoms with Gasteiger partial charge in [0.05, 0.1) is 24.2 Å². The van der Waals surface area contributed by atoms with Gasteiger partial charge in [0.2, 0.25) is 0 Å². The highest BCUT2D eigenvalue weighted by Crippen LogP contribution is 2.35. The fourth-order valence-electron chi connectivity index (χ4n) is 3.39. The van der Waals surface area contributed by atoms with E-state index in [2.05, 4.69) is 0 Å². The van der Waals surface area contributed by atoms with E-state index in [0.717, 1.165) is 17.7 Å². The summed E-state index contributed by atoms with van der Waals surface area (Å²) in [5.74, 6) is 1.16. The molecule has 1 atom stereocenters. The van der Waals surface area contributed by atoms with Crippen LogP contribution in [0.1, 0.15) is 33.0 Å². The van der Waals surface area contributed by atoms with Crippen LogP contribution in [-0.4, -0.2) is 19.5 Å². The second-order valence-corrected chi connectivity index (χ2v) is 7.14. The summed E-state index contributed by atoms with van der Waals surface area (Å²) >= 11 is 0. The number of carbonyl (C=O) groups excluding carboxylic acids is 1. The van der Waals surface area contributed by atoms with Crippen LogP contribution in [0.3, 0.4) is 0 Å². The molecule has 4 rings (SSSR count). The molecule has 7 heteroatoms. The van der Waals surface area contributed by atoms with Crippen LogP contribution in [0.5, 0.6) is 17.2 Å². The highest BCUT2D eigenvalue weighted by atomic mass is 19.4. The van der Waals surface area contributed by atoms with Gasteiger partial charge in [0.15, 0.2) is 5.78 Å². The smallest absolute Gasteiger partial charge is 0.416 e. The van der Waals surface area contributed by atoms with E-state index in [0.29, 0.717) is 28.4 Å². The first-order valence-electron chi connectivity index (χ1n) is 9.59. The summed E-state index contributed by atoms with van der Waals surface area (Å²) in [6.45, 7) is 0.305. The third-order valence-electron chi connectivity index (χ3n) is 5.15. The minimum Gasteiger partial charge on any atom is -0.497 e. The van der Waals surface area contributed by atoms with Crippen LogP contribution in [-0.2, 0) is 12.8 Å². The van der Waals surface area contributed by atoms with Crippen molar-refractivity contribution in [2.24, 2.45) is 0 Å². The van der Waals surface area contributed by atoms with Crippen LogP contribution in [0.2, 0.25) is 0 Å². The number of hydrogen-bond acceptors (Lipinski definition) is 4. The van der Waals surface area contributed by atoms with E-state index in [9.17, 15) is 18.0 Å². The van der Waals surface area contributed by atoms with Gasteiger partial charge in [-0.25, -0.2) is 0 Å². The summed E-state index contributed by atoms with van der Waals surface area (Å²) in [6.07, 6.45) is -4.37. The molecule has 3 aromatic rings. The lowest BCUT2D eigenvalue weighted by Gasteiger charge is -2.25. The second-order valence-electron chi connectivity index (χ2n) is 7.14. The monoisotopic (exact) mass is 428 g/mol. The highest BCUT2D eigenvalue weighted by molar-refractivity contribution is 6.04. The van der Waals surface area contributed by atoms with Gasteiger partial charge in [0.1, 0.15) is 30.5 Å². The van der Waals surface area contributed by atoms with Gasteiger partial charge in [-0.05, 0) is 47.5 Å². The molecule has 1 unspecified atom stereocenters. The number of hydrogen-bond donors (Lipinski definition) is 0. The molecule has 0 saturated heterocycles. The lowest BCUT2D eigenvalue weighted by molar-refractivity contribution is -0.137. The molecule has 0 radical (unpaired) electrons. The number of ketones is 1. The van der Waals surface area contributed by atoms with Crippen molar-refractivity contribution in [2.75, 3.05) is 13.7 Å². The van der Waals surface area contributed by atoms with Gasteiger partial charge in [-0.3, -0.25) is 4.79 Å². The number of fused-ring (bicyclic) bond motifs is 1. The molecule has 0 aliphatic carbocycles. The molecule has 31 heavy (non-hydrogen) atoms. The molecule has 1 aliphatic rings. The molecule has 1 heterocycles. The number of alkyl halides is 3. The van der Waals surface area contributed by atoms with Crippen LogP contribution in [0.25, 0.3) is 0 Å². The Bertz CT molecular complexity index is 1070. The van der Waals surface area contributed by atoms with Crippen molar-refractivity contribution in [3.63, 3.8) is 0 Å². The maximum atomic E-state index is 12.9. The van der Waals surface area contributed by atoms with Gasteiger partial charge in [-0.1, -0.05) is 24.3 Å². The normalized spacial score (nSPS) is 15.7. The number of Topliss-reactive ketones (excluding diaryl/α,β-unsaturated/α-hetero) is 1. The molecule has 0 spiro atoms. The van der Waals surface area contributed by atoms with Crippen LogP contribution < -0.4 is 14.2 Å². The number of methoxy groups -OCH3 is 1. The molecule has 0 fully saturated rings. The first kappa shape index (κ1) is 20.8. The van der Waals surface area contributed by atoms with Gasteiger partial charge >= 0.3 is 6.18 Å². The average Bonchev–Trinajstić information content (AvgIpc) is 2.78. The predicted molar refractivity (Wildman–Crippen MR) is 108 cm³/mol. The van der Waals surface area contributed by atoms with Gasteiger partial charge in [-0.2, -0.15) is 13.2 Å². The number of benzene rings is 3. The Balaban J connectivity index is 1.44. The van der Waals surface area contributed by atoms with Crippen LogP contribution in [0.4, 0.5) is 13.2 Å². The lowest BCUT2D eigenvalue weighted by Crippen LogP contribution is -2.26. The standard InChI is InChI=1S/C24H19F3O4/c1-29-18-8-4-16(5-9-18)21-14-31-22-12-19(10-11-20(22)23(21)28)30-13-15-2-6-17(7-3-15)24(25,26)27/h2-12,21H,13-14H2,1H3. The van der Waals surface area contributed by atoms with Crippen molar-refractivity contribution in [1.82, 2.24) is 0 Å². The van der Waals surface area contributed by atoms with Crippen molar-refractivity contribution in [1.29, 1.82) is 0 Å². The summed E-state index contributed by atoms with van der Waals surface area (Å²) in [5, 5.41) is 0. The molecule has 0 saturated carbocycles. The van der Waals surface area contributed by atoms with E-state index in [4.69, 9.17) is 14.2 Å². The summed E-state index contributed by atoms with van der Waals surface area (Å²) in [5.41, 5.74) is 1.21. The third-order valence-corrected chi connectivity index (χ3v) is 5.15. The summed E-state index contributed by atoms with van der Waals surface area (Å²) < 4.78 is 54.6. The topological polar surface area (TPSA) is 44.8 Å². The maximum Gasteiger partial charge on any atom is 0.416 e. The van der Waals surface area contributed by atoms with E-state index in [1.54, 1.807) is 37.4 Å². The van der Waals surface area contributed by atoms with Crippen molar-refractivity contribution in [2.45, 2.75) is 18.7 Å². The Morgan fingerprint density at radius 3 is 2.29 bits per heavy atom. The second kappa shape index (κ2) is 8.34. The molecule has 0 N–H and O–H groups in total. The number of carbonyl (C=O) groups is 1. The van der Waals surface area contributed by atoms with Crippen molar-refractivity contribution in [3.05, 3.63) is 89.0 Å². The predicted octanol–water partition coefficient (Wildman–Crippen LogP) is 5.65. The van der Waals surface area contributed by atoms with E-state index in [1.807, 2.05) is 12.1 Å². The maximum absolute atomic E-state index is 12.9. The van der Waals surface area contributed by atoms with Crippen molar-refractivity contribution in [3.8, 4) is 17.2 Å². The van der Waals surface area contributed by atoms with Crippen molar-refractivity contribution < 1.29 is 32.2 Å². The largest absolute Gasteiger partial charge is 0.497 e. The fourth-order valence-corrected chi connectivity index (χ4v) is 3.39. The van der Waals surface area contributed by atoms with Crippen LogP contribution >= 0.6 is 0 Å². The zero-order chi connectivity index (χ0) is 22.0. The molecule has 0 bridgehead atoms. The van der Waals surface area contributed by atoms with Gasteiger partial charge in [-0.15, -0.1) is 0 Å². The fraction of sp³-hybridized carbons (Fsp3) is 0.208. The molecule has 0 amide bonds. The van der Waals surface area contributed by atoms with Gasteiger partial charge in [0, 0.05) is 6.07 Å². The minimum atomic E-state index is -4.37. The Hall–Kier alpha value is -3.48. The third kappa shape index (κ3) is 4.50. The minimum absolute atomic E-state index is 0.0410. The molecule has 1 aliphatic heterocycles. The first-order valence-corrected chi connectivity index (χ1v) is 9.59. The van der Waals surface area contributed by atoms with Crippen LogP contribution in [0.15, 0.2) is 66.7 Å². The summed E-state index contributed by atoms with van der Waals surface area (Å²) in [6, 6.07) is 17.0. The van der Waals surface area contributed by atoms with E-state index in [-0.39, 0.29) is 19.0 Å².